The molecule has 0 bridgehead atoms. The molecule has 0 saturated carbocycles. The van der Waals surface area contributed by atoms with E-state index >= 15 is 0 Å². The maximum atomic E-state index is 13.5. The molecule has 1 heterocycles. The highest BCUT2D eigenvalue weighted by Crippen LogP contribution is 2.38. The summed E-state index contributed by atoms with van der Waals surface area (Å²) in [5.41, 5.74) is 0.491. The Bertz CT molecular complexity index is 450. The molecule has 2 nitrogen and oxygen atoms in total. The molecule has 16 heavy (non-hydrogen) atoms. The zero-order valence-corrected chi connectivity index (χ0v) is 9.91. The predicted octanol–water partition coefficient (Wildman–Crippen LogP) is 2.13. The van der Waals surface area contributed by atoms with E-state index < -0.39 is 22.4 Å². The highest BCUT2D eigenvalue weighted by atomic mass is 32.2. The van der Waals surface area contributed by atoms with Gasteiger partial charge in [-0.3, -0.25) is 4.21 Å². The number of benzene rings is 1. The first-order valence-electron chi connectivity index (χ1n) is 5.19. The molecule has 1 aromatic rings. The molecule has 1 N–H and O–H groups in total. The molecule has 1 aliphatic rings. The van der Waals surface area contributed by atoms with Crippen LogP contribution >= 0.6 is 0 Å². The van der Waals surface area contributed by atoms with Crippen LogP contribution in [0.5, 0.6) is 0 Å². The molecule has 0 aliphatic carbocycles. The van der Waals surface area contributed by atoms with E-state index in [1.54, 1.807) is 6.92 Å². The van der Waals surface area contributed by atoms with Gasteiger partial charge in [-0.15, -0.1) is 0 Å². The first-order chi connectivity index (χ1) is 7.56. The molecule has 3 unspecified atom stereocenters. The van der Waals surface area contributed by atoms with Crippen LogP contribution in [0.4, 0.5) is 8.78 Å². The third-order valence-corrected chi connectivity index (χ3v) is 4.59. The van der Waals surface area contributed by atoms with Crippen molar-refractivity contribution in [2.45, 2.75) is 30.0 Å². The summed E-state index contributed by atoms with van der Waals surface area (Å²) in [4.78, 5) is 0.153. The van der Waals surface area contributed by atoms with Crippen LogP contribution in [0.3, 0.4) is 0 Å². The van der Waals surface area contributed by atoms with Crippen molar-refractivity contribution < 1.29 is 13.0 Å². The second-order valence-corrected chi connectivity index (χ2v) is 5.59. The van der Waals surface area contributed by atoms with Gasteiger partial charge in [0.25, 0.3) is 0 Å². The van der Waals surface area contributed by atoms with E-state index in [1.807, 2.05) is 6.92 Å². The summed E-state index contributed by atoms with van der Waals surface area (Å²) in [6, 6.07) is 1.83. The van der Waals surface area contributed by atoms with E-state index in [0.717, 1.165) is 6.07 Å². The van der Waals surface area contributed by atoms with Gasteiger partial charge in [0, 0.05) is 12.1 Å². The van der Waals surface area contributed by atoms with Crippen molar-refractivity contribution >= 4 is 10.8 Å². The molecule has 0 amide bonds. The molecular formula is C11H13F2NOS. The van der Waals surface area contributed by atoms with Gasteiger partial charge in [-0.2, -0.15) is 0 Å². The predicted molar refractivity (Wildman–Crippen MR) is 58.6 cm³/mol. The molecule has 1 aliphatic heterocycles. The van der Waals surface area contributed by atoms with Crippen molar-refractivity contribution in [3.63, 3.8) is 0 Å². The highest BCUT2D eigenvalue weighted by molar-refractivity contribution is 7.86. The van der Waals surface area contributed by atoms with Gasteiger partial charge >= 0.3 is 0 Å². The Kier molecular flexibility index (Phi) is 3.08. The standard InChI is InChI=1S/C11H13F2NOS/c1-3-14-10-6(2)16(15)11-8(10)4-7(12)5-9(11)13/h4-6,10,14H,3H2,1-2H3. The smallest absolute Gasteiger partial charge is 0.142 e. The van der Waals surface area contributed by atoms with Gasteiger partial charge in [-0.05, 0) is 25.1 Å². The Morgan fingerprint density at radius 3 is 2.75 bits per heavy atom. The van der Waals surface area contributed by atoms with Crippen molar-refractivity contribution in [2.24, 2.45) is 0 Å². The zero-order valence-electron chi connectivity index (χ0n) is 9.09. The van der Waals surface area contributed by atoms with E-state index in [1.165, 1.54) is 6.07 Å². The average Bonchev–Trinajstić information content (AvgIpc) is 2.44. The fourth-order valence-corrected chi connectivity index (χ4v) is 3.61. The van der Waals surface area contributed by atoms with E-state index in [4.69, 9.17) is 0 Å². The van der Waals surface area contributed by atoms with Gasteiger partial charge in [0.2, 0.25) is 0 Å². The molecule has 2 rings (SSSR count). The molecule has 5 heteroatoms. The number of halogens is 2. The molecule has 0 spiro atoms. The fraction of sp³-hybridized carbons (Fsp3) is 0.455. The molecule has 3 atom stereocenters. The normalized spacial score (nSPS) is 28.1. The molecule has 1 aromatic carbocycles. The van der Waals surface area contributed by atoms with Gasteiger partial charge in [-0.25, -0.2) is 8.78 Å². The molecule has 88 valence electrons. The third kappa shape index (κ3) is 1.68. The summed E-state index contributed by atoms with van der Waals surface area (Å²) in [5.74, 6) is -1.33. The zero-order chi connectivity index (χ0) is 11.9. The van der Waals surface area contributed by atoms with Crippen molar-refractivity contribution in [1.82, 2.24) is 5.32 Å². The SMILES string of the molecule is CCNC1c2cc(F)cc(F)c2S(=O)C1C. The molecule has 0 radical (unpaired) electrons. The largest absolute Gasteiger partial charge is 0.309 e. The summed E-state index contributed by atoms with van der Waals surface area (Å²) in [6.07, 6.45) is 0. The Morgan fingerprint density at radius 1 is 1.44 bits per heavy atom. The third-order valence-electron chi connectivity index (χ3n) is 2.80. The molecule has 0 fully saturated rings. The second kappa shape index (κ2) is 4.22. The molecular weight excluding hydrogens is 232 g/mol. The number of fused-ring (bicyclic) bond motifs is 1. The van der Waals surface area contributed by atoms with Crippen LogP contribution in [0.25, 0.3) is 0 Å². The minimum absolute atomic E-state index is 0.153. The van der Waals surface area contributed by atoms with Gasteiger partial charge in [0.15, 0.2) is 0 Å². The summed E-state index contributed by atoms with van der Waals surface area (Å²) in [7, 11) is -1.40. The van der Waals surface area contributed by atoms with Crippen molar-refractivity contribution in [2.75, 3.05) is 6.54 Å². The van der Waals surface area contributed by atoms with Crippen LogP contribution in [-0.4, -0.2) is 16.0 Å². The second-order valence-electron chi connectivity index (χ2n) is 3.84. The van der Waals surface area contributed by atoms with E-state index in [-0.39, 0.29) is 16.2 Å². The lowest BCUT2D eigenvalue weighted by molar-refractivity contribution is 0.524. The van der Waals surface area contributed by atoms with Crippen LogP contribution in [0.15, 0.2) is 17.0 Å². The molecule has 0 saturated heterocycles. The maximum absolute atomic E-state index is 13.5. The Hall–Kier alpha value is -0.810. The topological polar surface area (TPSA) is 29.1 Å². The van der Waals surface area contributed by atoms with Crippen molar-refractivity contribution in [1.29, 1.82) is 0 Å². The lowest BCUT2D eigenvalue weighted by Gasteiger charge is -2.15. The van der Waals surface area contributed by atoms with Crippen LogP contribution in [0, 0.1) is 11.6 Å². The van der Waals surface area contributed by atoms with E-state index in [2.05, 4.69) is 5.32 Å². The number of hydrogen-bond acceptors (Lipinski definition) is 2. The van der Waals surface area contributed by atoms with Crippen molar-refractivity contribution in [3.05, 3.63) is 29.3 Å². The van der Waals surface area contributed by atoms with Gasteiger partial charge in [0.05, 0.1) is 20.9 Å². The lowest BCUT2D eigenvalue weighted by atomic mass is 10.0. The van der Waals surface area contributed by atoms with Crippen LogP contribution in [0.1, 0.15) is 25.5 Å². The number of rotatable bonds is 2. The summed E-state index contributed by atoms with van der Waals surface area (Å²) < 4.78 is 38.6. The minimum atomic E-state index is -1.40. The Morgan fingerprint density at radius 2 is 2.12 bits per heavy atom. The highest BCUT2D eigenvalue weighted by Gasteiger charge is 2.37. The van der Waals surface area contributed by atoms with Crippen LogP contribution < -0.4 is 5.32 Å². The summed E-state index contributed by atoms with van der Waals surface area (Å²) in [6.45, 7) is 4.36. The Balaban J connectivity index is 2.56. The lowest BCUT2D eigenvalue weighted by Crippen LogP contribution is -2.27. The van der Waals surface area contributed by atoms with E-state index in [0.29, 0.717) is 12.1 Å². The monoisotopic (exact) mass is 245 g/mol. The first-order valence-corrected chi connectivity index (χ1v) is 6.40. The van der Waals surface area contributed by atoms with Gasteiger partial charge in [-0.1, -0.05) is 6.92 Å². The minimum Gasteiger partial charge on any atom is -0.309 e. The first kappa shape index (κ1) is 11.7. The maximum Gasteiger partial charge on any atom is 0.142 e. The van der Waals surface area contributed by atoms with Crippen LogP contribution in [-0.2, 0) is 10.8 Å². The number of hydrogen-bond donors (Lipinski definition) is 1. The van der Waals surface area contributed by atoms with Gasteiger partial charge < -0.3 is 5.32 Å². The van der Waals surface area contributed by atoms with Crippen molar-refractivity contribution in [3.8, 4) is 0 Å². The Labute approximate surface area is 95.5 Å². The fourth-order valence-electron chi connectivity index (χ4n) is 2.08. The average molecular weight is 245 g/mol. The van der Waals surface area contributed by atoms with E-state index in [9.17, 15) is 13.0 Å². The molecule has 0 aromatic heterocycles. The van der Waals surface area contributed by atoms with Crippen LogP contribution in [0.2, 0.25) is 0 Å². The summed E-state index contributed by atoms with van der Waals surface area (Å²) in [5, 5.41) is 2.88. The van der Waals surface area contributed by atoms with Gasteiger partial charge in [0.1, 0.15) is 11.6 Å². The quantitative estimate of drug-likeness (QED) is 0.864. The summed E-state index contributed by atoms with van der Waals surface area (Å²) >= 11 is 0. The number of nitrogens with one attached hydrogen (secondary N) is 1.